The van der Waals surface area contributed by atoms with E-state index in [4.69, 9.17) is 0 Å². The summed E-state index contributed by atoms with van der Waals surface area (Å²) < 4.78 is 14.0. The second kappa shape index (κ2) is 5.45. The quantitative estimate of drug-likeness (QED) is 0.778. The number of hydrogen-bond acceptors (Lipinski definition) is 4. The van der Waals surface area contributed by atoms with E-state index in [1.807, 2.05) is 0 Å². The lowest BCUT2D eigenvalue weighted by molar-refractivity contribution is -0.137. The van der Waals surface area contributed by atoms with E-state index in [1.165, 1.54) is 17.9 Å². The molecule has 1 aromatic carbocycles. The molecule has 4 amide bonds. The zero-order valence-electron chi connectivity index (χ0n) is 12.3. The number of anilines is 1. The number of carbonyl (C=O) groups is 4. The molecule has 0 bridgehead atoms. The second-order valence-corrected chi connectivity index (χ2v) is 5.53. The van der Waals surface area contributed by atoms with Gasteiger partial charge in [-0.05, 0) is 18.6 Å². The number of fused-ring (bicyclic) bond motifs is 1. The molecule has 0 aromatic heterocycles. The molecule has 0 saturated carbocycles. The Labute approximate surface area is 130 Å². The molecule has 2 aliphatic heterocycles. The third-order valence-electron chi connectivity index (χ3n) is 3.96. The fraction of sp³-hybridized carbons (Fsp3) is 0.333. The smallest absolute Gasteiger partial charge is 0.258 e. The van der Waals surface area contributed by atoms with Crippen LogP contribution in [-0.4, -0.2) is 34.6 Å². The van der Waals surface area contributed by atoms with E-state index in [9.17, 15) is 23.6 Å². The Morgan fingerprint density at radius 1 is 1.35 bits per heavy atom. The summed E-state index contributed by atoms with van der Waals surface area (Å²) >= 11 is 0. The lowest BCUT2D eigenvalue weighted by atomic mass is 10.0. The number of halogens is 1. The van der Waals surface area contributed by atoms with E-state index in [1.54, 1.807) is 0 Å². The maximum absolute atomic E-state index is 14.0. The van der Waals surface area contributed by atoms with Crippen molar-refractivity contribution >= 4 is 29.3 Å². The maximum atomic E-state index is 14.0. The van der Waals surface area contributed by atoms with Gasteiger partial charge in [0.2, 0.25) is 17.7 Å². The minimum absolute atomic E-state index is 0.00776. The van der Waals surface area contributed by atoms with Crippen LogP contribution < -0.4 is 10.6 Å². The van der Waals surface area contributed by atoms with Crippen LogP contribution in [0.25, 0.3) is 0 Å². The van der Waals surface area contributed by atoms with E-state index in [2.05, 4.69) is 10.6 Å². The SMILES string of the molecule is CC(=O)Nc1ccc(F)c2c1CN(C1CCC(=O)NC1=O)C2=O. The predicted octanol–water partition coefficient (Wildman–Crippen LogP) is 0.545. The van der Waals surface area contributed by atoms with Crippen LogP contribution in [0.15, 0.2) is 12.1 Å². The molecule has 1 atom stereocenters. The fourth-order valence-electron chi connectivity index (χ4n) is 2.94. The minimum Gasteiger partial charge on any atom is -0.326 e. The third-order valence-corrected chi connectivity index (χ3v) is 3.96. The van der Waals surface area contributed by atoms with Gasteiger partial charge in [0.25, 0.3) is 5.91 Å². The van der Waals surface area contributed by atoms with Crippen molar-refractivity contribution in [2.45, 2.75) is 32.4 Å². The summed E-state index contributed by atoms with van der Waals surface area (Å²) in [5, 5.41) is 4.74. The average Bonchev–Trinajstić information content (AvgIpc) is 2.80. The molecular weight excluding hydrogens is 305 g/mol. The largest absolute Gasteiger partial charge is 0.326 e. The molecule has 7 nitrogen and oxygen atoms in total. The van der Waals surface area contributed by atoms with Gasteiger partial charge in [-0.2, -0.15) is 0 Å². The Morgan fingerprint density at radius 3 is 2.74 bits per heavy atom. The normalized spacial score (nSPS) is 20.3. The summed E-state index contributed by atoms with van der Waals surface area (Å²) in [6.07, 6.45) is 0.319. The highest BCUT2D eigenvalue weighted by Crippen LogP contribution is 2.34. The van der Waals surface area contributed by atoms with Crippen LogP contribution in [0.1, 0.15) is 35.7 Å². The first-order chi connectivity index (χ1) is 10.9. The Hall–Kier alpha value is -2.77. The van der Waals surface area contributed by atoms with Gasteiger partial charge >= 0.3 is 0 Å². The highest BCUT2D eigenvalue weighted by atomic mass is 19.1. The van der Waals surface area contributed by atoms with E-state index in [0.29, 0.717) is 11.3 Å². The number of amides is 4. The number of nitrogens with one attached hydrogen (secondary N) is 2. The Morgan fingerprint density at radius 2 is 2.09 bits per heavy atom. The van der Waals surface area contributed by atoms with Crippen molar-refractivity contribution in [3.63, 3.8) is 0 Å². The molecule has 1 saturated heterocycles. The lowest BCUT2D eigenvalue weighted by Gasteiger charge is -2.29. The van der Waals surface area contributed by atoms with Gasteiger partial charge in [-0.3, -0.25) is 24.5 Å². The highest BCUT2D eigenvalue weighted by Gasteiger charge is 2.41. The van der Waals surface area contributed by atoms with E-state index in [-0.39, 0.29) is 36.8 Å². The second-order valence-electron chi connectivity index (χ2n) is 5.53. The number of rotatable bonds is 2. The van der Waals surface area contributed by atoms with Crippen LogP contribution in [-0.2, 0) is 20.9 Å². The van der Waals surface area contributed by atoms with Crippen molar-refractivity contribution in [2.24, 2.45) is 0 Å². The summed E-state index contributed by atoms with van der Waals surface area (Å²) in [5.41, 5.74) is 0.549. The van der Waals surface area contributed by atoms with Gasteiger partial charge in [0.05, 0.1) is 5.56 Å². The number of carbonyl (C=O) groups excluding carboxylic acids is 4. The standard InChI is InChI=1S/C15H14FN3O4/c1-7(20)17-10-3-2-9(16)13-8(10)6-19(15(13)23)11-4-5-12(21)18-14(11)22/h2-3,11H,4-6H2,1H3,(H,17,20)(H,18,21,22). The van der Waals surface area contributed by atoms with Gasteiger partial charge in [0.1, 0.15) is 11.9 Å². The molecular formula is C15H14FN3O4. The van der Waals surface area contributed by atoms with Gasteiger partial charge in [0, 0.05) is 31.1 Å². The fourth-order valence-corrected chi connectivity index (χ4v) is 2.94. The lowest BCUT2D eigenvalue weighted by Crippen LogP contribution is -2.52. The summed E-state index contributed by atoms with van der Waals surface area (Å²) in [7, 11) is 0. The van der Waals surface area contributed by atoms with Gasteiger partial charge in [-0.15, -0.1) is 0 Å². The molecule has 0 spiro atoms. The Kier molecular flexibility index (Phi) is 3.59. The van der Waals surface area contributed by atoms with Crippen LogP contribution >= 0.6 is 0 Å². The van der Waals surface area contributed by atoms with Crippen LogP contribution in [0.5, 0.6) is 0 Å². The first kappa shape index (κ1) is 15.1. The van der Waals surface area contributed by atoms with Gasteiger partial charge < -0.3 is 10.2 Å². The van der Waals surface area contributed by atoms with Crippen LogP contribution in [0.2, 0.25) is 0 Å². The Balaban J connectivity index is 1.95. The molecule has 2 aliphatic rings. The van der Waals surface area contributed by atoms with Crippen molar-refractivity contribution in [3.8, 4) is 0 Å². The monoisotopic (exact) mass is 319 g/mol. The van der Waals surface area contributed by atoms with Crippen LogP contribution in [0, 0.1) is 5.82 Å². The zero-order valence-corrected chi connectivity index (χ0v) is 12.3. The van der Waals surface area contributed by atoms with Crippen molar-refractivity contribution in [3.05, 3.63) is 29.1 Å². The van der Waals surface area contributed by atoms with E-state index < -0.39 is 23.7 Å². The Bertz CT molecular complexity index is 746. The van der Waals surface area contributed by atoms with Crippen LogP contribution in [0.3, 0.4) is 0 Å². The summed E-state index contributed by atoms with van der Waals surface area (Å²) in [4.78, 5) is 48.1. The first-order valence-corrected chi connectivity index (χ1v) is 7.12. The molecule has 1 fully saturated rings. The topological polar surface area (TPSA) is 95.6 Å². The number of imide groups is 1. The third kappa shape index (κ3) is 2.56. The molecule has 1 aromatic rings. The number of nitrogens with zero attached hydrogens (tertiary/aromatic N) is 1. The summed E-state index contributed by atoms with van der Waals surface area (Å²) in [5.74, 6) is -2.61. The molecule has 120 valence electrons. The minimum atomic E-state index is -0.822. The molecule has 2 heterocycles. The molecule has 1 unspecified atom stereocenters. The molecule has 0 radical (unpaired) electrons. The molecule has 8 heteroatoms. The maximum Gasteiger partial charge on any atom is 0.258 e. The predicted molar refractivity (Wildman–Crippen MR) is 76.7 cm³/mol. The van der Waals surface area contributed by atoms with Crippen molar-refractivity contribution in [1.29, 1.82) is 0 Å². The molecule has 23 heavy (non-hydrogen) atoms. The van der Waals surface area contributed by atoms with Gasteiger partial charge in [-0.25, -0.2) is 4.39 Å². The summed E-state index contributed by atoms with van der Waals surface area (Å²) in [6.45, 7) is 1.32. The first-order valence-electron chi connectivity index (χ1n) is 7.12. The highest BCUT2D eigenvalue weighted by molar-refractivity contribution is 6.06. The number of piperidine rings is 1. The van der Waals surface area contributed by atoms with Crippen molar-refractivity contribution in [1.82, 2.24) is 10.2 Å². The number of benzene rings is 1. The molecule has 0 aliphatic carbocycles. The van der Waals surface area contributed by atoms with Gasteiger partial charge in [0.15, 0.2) is 0 Å². The van der Waals surface area contributed by atoms with E-state index >= 15 is 0 Å². The van der Waals surface area contributed by atoms with Crippen molar-refractivity contribution in [2.75, 3.05) is 5.32 Å². The summed E-state index contributed by atoms with van der Waals surface area (Å²) in [6, 6.07) is 1.67. The molecule has 3 rings (SSSR count). The average molecular weight is 319 g/mol. The number of hydrogen-bond donors (Lipinski definition) is 2. The van der Waals surface area contributed by atoms with Gasteiger partial charge in [-0.1, -0.05) is 0 Å². The van der Waals surface area contributed by atoms with Crippen LogP contribution in [0.4, 0.5) is 10.1 Å². The molecule has 2 N–H and O–H groups in total. The van der Waals surface area contributed by atoms with E-state index in [0.717, 1.165) is 6.07 Å². The zero-order chi connectivity index (χ0) is 16.7. The van der Waals surface area contributed by atoms with Crippen molar-refractivity contribution < 1.29 is 23.6 Å².